The average molecular weight is 316 g/mol. The molecule has 0 bridgehead atoms. The Morgan fingerprint density at radius 3 is 3.05 bits per heavy atom. The van der Waals surface area contributed by atoms with Gasteiger partial charge in [-0.05, 0) is 24.4 Å². The van der Waals surface area contributed by atoms with Gasteiger partial charge in [0.05, 0.1) is 12.2 Å². The zero-order valence-corrected chi connectivity index (χ0v) is 13.6. The van der Waals surface area contributed by atoms with E-state index in [4.69, 9.17) is 0 Å². The monoisotopic (exact) mass is 316 g/mol. The Kier molecular flexibility index (Phi) is 3.31. The molecule has 0 unspecified atom stereocenters. The van der Waals surface area contributed by atoms with E-state index in [0.29, 0.717) is 6.42 Å². The van der Waals surface area contributed by atoms with Crippen LogP contribution in [0.5, 0.6) is 0 Å². The van der Waals surface area contributed by atoms with E-state index in [-0.39, 0.29) is 11.3 Å². The van der Waals surface area contributed by atoms with E-state index in [1.807, 2.05) is 35.8 Å². The quantitative estimate of drug-likeness (QED) is 0.871. The number of aromatic nitrogens is 2. The van der Waals surface area contributed by atoms with E-state index >= 15 is 0 Å². The number of likely N-dealkylation sites (tertiary alicyclic amines) is 1. The van der Waals surface area contributed by atoms with Gasteiger partial charge < -0.3 is 9.47 Å². The molecule has 2 fully saturated rings. The molecule has 2 saturated heterocycles. The number of rotatable bonds is 3. The molecule has 2 aliphatic heterocycles. The van der Waals surface area contributed by atoms with Gasteiger partial charge in [0.2, 0.25) is 5.91 Å². The number of anilines is 1. The molecule has 5 nitrogen and oxygen atoms in total. The van der Waals surface area contributed by atoms with Crippen molar-refractivity contribution in [2.75, 3.05) is 24.5 Å². The zero-order valence-electron chi connectivity index (χ0n) is 12.7. The van der Waals surface area contributed by atoms with E-state index in [9.17, 15) is 4.79 Å². The number of carbonyl (C=O) groups is 1. The molecule has 0 aliphatic carbocycles. The van der Waals surface area contributed by atoms with E-state index in [1.54, 1.807) is 11.3 Å². The lowest BCUT2D eigenvalue weighted by Crippen LogP contribution is -2.31. The van der Waals surface area contributed by atoms with Crippen LogP contribution in [0.3, 0.4) is 0 Å². The largest absolute Gasteiger partial charge is 0.337 e. The number of hydrogen-bond acceptors (Lipinski definition) is 4. The lowest BCUT2D eigenvalue weighted by molar-refractivity contribution is -0.117. The first-order chi connectivity index (χ1) is 10.7. The highest BCUT2D eigenvalue weighted by Gasteiger charge is 2.47. The number of hydrogen-bond donors (Lipinski definition) is 0. The van der Waals surface area contributed by atoms with Gasteiger partial charge in [0.15, 0.2) is 0 Å². The summed E-state index contributed by atoms with van der Waals surface area (Å²) in [5.74, 6) is 1.37. The number of aryl methyl sites for hydroxylation is 1. The van der Waals surface area contributed by atoms with Crippen molar-refractivity contribution in [3.63, 3.8) is 0 Å². The highest BCUT2D eigenvalue weighted by atomic mass is 32.1. The fourth-order valence-electron chi connectivity index (χ4n) is 3.73. The van der Waals surface area contributed by atoms with Crippen LogP contribution in [0.2, 0.25) is 0 Å². The molecule has 1 spiro atoms. The minimum absolute atomic E-state index is 0.129. The first-order valence-corrected chi connectivity index (χ1v) is 8.61. The maximum absolute atomic E-state index is 12.4. The predicted molar refractivity (Wildman–Crippen MR) is 86.8 cm³/mol. The van der Waals surface area contributed by atoms with E-state index in [1.165, 1.54) is 0 Å². The van der Waals surface area contributed by atoms with Crippen molar-refractivity contribution in [2.24, 2.45) is 12.5 Å². The van der Waals surface area contributed by atoms with Crippen LogP contribution in [0, 0.1) is 5.41 Å². The van der Waals surface area contributed by atoms with Crippen LogP contribution < -0.4 is 4.90 Å². The summed E-state index contributed by atoms with van der Waals surface area (Å²) in [6, 6.07) is 2.04. The van der Waals surface area contributed by atoms with Crippen molar-refractivity contribution < 1.29 is 4.79 Å². The summed E-state index contributed by atoms with van der Waals surface area (Å²) in [5, 5.41) is 4.10. The molecule has 0 saturated carbocycles. The van der Waals surface area contributed by atoms with Crippen molar-refractivity contribution in [3.8, 4) is 0 Å². The number of imidazole rings is 1. The van der Waals surface area contributed by atoms with Gasteiger partial charge in [-0.25, -0.2) is 4.98 Å². The smallest absolute Gasteiger partial charge is 0.227 e. The summed E-state index contributed by atoms with van der Waals surface area (Å²) in [4.78, 5) is 21.2. The predicted octanol–water partition coefficient (Wildman–Crippen LogP) is 2.11. The average Bonchev–Trinajstić information content (AvgIpc) is 3.23. The van der Waals surface area contributed by atoms with Gasteiger partial charge in [0.25, 0.3) is 0 Å². The Labute approximate surface area is 134 Å². The van der Waals surface area contributed by atoms with Crippen LogP contribution in [-0.2, 0) is 18.4 Å². The molecule has 4 rings (SSSR count). The summed E-state index contributed by atoms with van der Waals surface area (Å²) < 4.78 is 2.07. The summed E-state index contributed by atoms with van der Waals surface area (Å²) in [7, 11) is 2.03. The Hall–Kier alpha value is -1.66. The minimum atomic E-state index is 0.129. The Morgan fingerprint density at radius 1 is 1.41 bits per heavy atom. The normalized spacial score (nSPS) is 25.7. The molecule has 1 amide bonds. The molecule has 0 radical (unpaired) electrons. The standard InChI is InChI=1S/C16H20N4OS/c1-18-6-4-17-14(18)9-19-5-3-16(11-19)8-15(21)20(12-16)13-2-7-22-10-13/h2,4,6-7,10H,3,5,8-9,11-12H2,1H3/t16-/m0/s1. The second-order valence-corrected chi connectivity index (χ2v) is 7.33. The number of amides is 1. The van der Waals surface area contributed by atoms with Gasteiger partial charge in [-0.15, -0.1) is 0 Å². The van der Waals surface area contributed by atoms with Gasteiger partial charge in [0, 0.05) is 49.7 Å². The van der Waals surface area contributed by atoms with Crippen LogP contribution in [-0.4, -0.2) is 40.0 Å². The maximum Gasteiger partial charge on any atom is 0.227 e. The molecule has 0 aromatic carbocycles. The lowest BCUT2D eigenvalue weighted by Gasteiger charge is -2.23. The fourth-order valence-corrected chi connectivity index (χ4v) is 4.37. The molecule has 0 N–H and O–H groups in total. The van der Waals surface area contributed by atoms with Crippen LogP contribution in [0.4, 0.5) is 5.69 Å². The second-order valence-electron chi connectivity index (χ2n) is 6.55. The Balaban J connectivity index is 1.46. The SMILES string of the molecule is Cn1ccnc1CN1CC[C@]2(CC(=O)N(c3ccsc3)C2)C1. The second kappa shape index (κ2) is 5.21. The number of thiophene rings is 1. The van der Waals surface area contributed by atoms with E-state index < -0.39 is 0 Å². The van der Waals surface area contributed by atoms with Crippen molar-refractivity contribution in [1.82, 2.24) is 14.5 Å². The number of nitrogens with zero attached hydrogens (tertiary/aromatic N) is 4. The minimum Gasteiger partial charge on any atom is -0.337 e. The summed E-state index contributed by atoms with van der Waals surface area (Å²) in [6.45, 7) is 3.78. The van der Waals surface area contributed by atoms with Gasteiger partial charge in [0.1, 0.15) is 5.82 Å². The highest BCUT2D eigenvalue weighted by Crippen LogP contribution is 2.42. The molecule has 6 heteroatoms. The first kappa shape index (κ1) is 14.0. The van der Waals surface area contributed by atoms with Crippen molar-refractivity contribution in [2.45, 2.75) is 19.4 Å². The van der Waals surface area contributed by atoms with Crippen molar-refractivity contribution >= 4 is 22.9 Å². The maximum atomic E-state index is 12.4. The van der Waals surface area contributed by atoms with Crippen LogP contribution >= 0.6 is 11.3 Å². The van der Waals surface area contributed by atoms with Gasteiger partial charge in [-0.2, -0.15) is 11.3 Å². The van der Waals surface area contributed by atoms with Crippen LogP contribution in [0.15, 0.2) is 29.2 Å². The van der Waals surface area contributed by atoms with E-state index in [2.05, 4.69) is 19.8 Å². The Bertz CT molecular complexity index is 680. The third-order valence-electron chi connectivity index (χ3n) is 4.94. The first-order valence-electron chi connectivity index (χ1n) is 7.66. The molecule has 2 aromatic heterocycles. The molecular formula is C16H20N4OS. The van der Waals surface area contributed by atoms with Gasteiger partial charge >= 0.3 is 0 Å². The Morgan fingerprint density at radius 2 is 2.32 bits per heavy atom. The third-order valence-corrected chi connectivity index (χ3v) is 5.61. The summed E-state index contributed by atoms with van der Waals surface area (Å²) >= 11 is 1.65. The van der Waals surface area contributed by atoms with Gasteiger partial charge in [-0.3, -0.25) is 9.69 Å². The molecular weight excluding hydrogens is 296 g/mol. The molecule has 2 aliphatic rings. The van der Waals surface area contributed by atoms with Crippen LogP contribution in [0.25, 0.3) is 0 Å². The molecule has 2 aromatic rings. The van der Waals surface area contributed by atoms with Crippen LogP contribution in [0.1, 0.15) is 18.7 Å². The molecule has 22 heavy (non-hydrogen) atoms. The molecule has 1 atom stereocenters. The van der Waals surface area contributed by atoms with E-state index in [0.717, 1.165) is 44.1 Å². The summed E-state index contributed by atoms with van der Waals surface area (Å²) in [5.41, 5.74) is 1.19. The fraction of sp³-hybridized carbons (Fsp3) is 0.500. The zero-order chi connectivity index (χ0) is 15.2. The molecule has 116 valence electrons. The van der Waals surface area contributed by atoms with Gasteiger partial charge in [-0.1, -0.05) is 0 Å². The lowest BCUT2D eigenvalue weighted by atomic mass is 9.86. The van der Waals surface area contributed by atoms with Crippen molar-refractivity contribution in [1.29, 1.82) is 0 Å². The third kappa shape index (κ3) is 2.36. The number of carbonyl (C=O) groups excluding carboxylic acids is 1. The topological polar surface area (TPSA) is 41.4 Å². The summed E-state index contributed by atoms with van der Waals surface area (Å²) in [6.07, 6.45) is 5.61. The van der Waals surface area contributed by atoms with Crippen molar-refractivity contribution in [3.05, 3.63) is 35.0 Å². The molecule has 4 heterocycles. The highest BCUT2D eigenvalue weighted by molar-refractivity contribution is 7.08.